The monoisotopic (exact) mass is 325 g/mol. The second kappa shape index (κ2) is 7.72. The molecule has 1 saturated heterocycles. The molecule has 0 saturated carbocycles. The predicted molar refractivity (Wildman–Crippen MR) is 85.9 cm³/mol. The molecule has 5 nitrogen and oxygen atoms in total. The molecule has 0 unspecified atom stereocenters. The molecule has 0 atom stereocenters. The number of hydrogen-bond acceptors (Lipinski definition) is 6. The van der Waals surface area contributed by atoms with Gasteiger partial charge < -0.3 is 14.4 Å². The van der Waals surface area contributed by atoms with Crippen LogP contribution in [0.2, 0.25) is 0 Å². The van der Waals surface area contributed by atoms with Gasteiger partial charge in [-0.05, 0) is 19.3 Å². The molecule has 0 spiro atoms. The van der Waals surface area contributed by atoms with Crippen molar-refractivity contribution in [3.63, 3.8) is 0 Å². The number of esters is 2. The smallest absolute Gasteiger partial charge is 0.336 e. The van der Waals surface area contributed by atoms with Crippen LogP contribution in [0, 0.1) is 5.92 Å². The molecule has 1 fully saturated rings. The van der Waals surface area contributed by atoms with E-state index >= 15 is 0 Å². The van der Waals surface area contributed by atoms with Crippen LogP contribution in [-0.4, -0.2) is 42.3 Å². The Morgan fingerprint density at radius 3 is 2.82 bits per heavy atom. The van der Waals surface area contributed by atoms with E-state index in [1.807, 2.05) is 4.90 Å². The van der Waals surface area contributed by atoms with Crippen molar-refractivity contribution in [1.82, 2.24) is 4.90 Å². The van der Waals surface area contributed by atoms with E-state index in [9.17, 15) is 9.59 Å². The molecule has 0 N–H and O–H groups in total. The standard InChI is InChI=1S/C16H23NO4S/c1-4-20-14(18)9-12-10-22-15-13(5-7-17(12)15)16(19)21-8-6-11(2)3/h9,11H,4-8,10H2,1-3H3/b12-9+. The van der Waals surface area contributed by atoms with Crippen molar-refractivity contribution >= 4 is 23.7 Å². The Morgan fingerprint density at radius 2 is 2.14 bits per heavy atom. The third kappa shape index (κ3) is 4.06. The van der Waals surface area contributed by atoms with Gasteiger partial charge >= 0.3 is 11.9 Å². The molecule has 0 bridgehead atoms. The maximum atomic E-state index is 12.2. The molecule has 0 aromatic rings. The largest absolute Gasteiger partial charge is 0.463 e. The number of ether oxygens (including phenoxy) is 2. The Bertz CT molecular complexity index is 510. The number of fused-ring (bicyclic) bond motifs is 1. The summed E-state index contributed by atoms with van der Waals surface area (Å²) in [5.74, 6) is 0.664. The topological polar surface area (TPSA) is 55.8 Å². The van der Waals surface area contributed by atoms with Crippen LogP contribution in [0.4, 0.5) is 0 Å². The van der Waals surface area contributed by atoms with E-state index in [0.717, 1.165) is 29.3 Å². The summed E-state index contributed by atoms with van der Waals surface area (Å²) in [6.07, 6.45) is 3.07. The fourth-order valence-corrected chi connectivity index (χ4v) is 3.61. The zero-order chi connectivity index (χ0) is 16.1. The molecular weight excluding hydrogens is 302 g/mol. The number of carbonyl (C=O) groups is 2. The van der Waals surface area contributed by atoms with Crippen LogP contribution in [0.5, 0.6) is 0 Å². The van der Waals surface area contributed by atoms with Gasteiger partial charge in [0, 0.05) is 30.5 Å². The zero-order valence-corrected chi connectivity index (χ0v) is 14.2. The Morgan fingerprint density at radius 1 is 1.36 bits per heavy atom. The first-order valence-electron chi connectivity index (χ1n) is 7.70. The summed E-state index contributed by atoms with van der Waals surface area (Å²) in [7, 11) is 0. The highest BCUT2D eigenvalue weighted by atomic mass is 32.2. The summed E-state index contributed by atoms with van der Waals surface area (Å²) in [5.41, 5.74) is 1.64. The van der Waals surface area contributed by atoms with Gasteiger partial charge in [0.1, 0.15) is 0 Å². The average Bonchev–Trinajstić information content (AvgIpc) is 3.01. The number of nitrogens with zero attached hydrogens (tertiary/aromatic N) is 1. The maximum Gasteiger partial charge on any atom is 0.336 e. The second-order valence-electron chi connectivity index (χ2n) is 5.68. The van der Waals surface area contributed by atoms with Gasteiger partial charge in [-0.25, -0.2) is 9.59 Å². The Balaban J connectivity index is 2.00. The van der Waals surface area contributed by atoms with Crippen molar-refractivity contribution in [2.75, 3.05) is 25.5 Å². The van der Waals surface area contributed by atoms with Crippen molar-refractivity contribution in [1.29, 1.82) is 0 Å². The van der Waals surface area contributed by atoms with Gasteiger partial charge in [0.2, 0.25) is 0 Å². The van der Waals surface area contributed by atoms with Crippen LogP contribution in [-0.2, 0) is 19.1 Å². The lowest BCUT2D eigenvalue weighted by molar-refractivity contribution is -0.139. The molecule has 0 amide bonds. The summed E-state index contributed by atoms with van der Waals surface area (Å²) in [5, 5.41) is 0.935. The lowest BCUT2D eigenvalue weighted by Gasteiger charge is -2.14. The molecule has 122 valence electrons. The lowest BCUT2D eigenvalue weighted by atomic mass is 10.1. The minimum Gasteiger partial charge on any atom is -0.463 e. The van der Waals surface area contributed by atoms with E-state index in [4.69, 9.17) is 9.47 Å². The van der Waals surface area contributed by atoms with Crippen LogP contribution >= 0.6 is 11.8 Å². The fraction of sp³-hybridized carbons (Fsp3) is 0.625. The summed E-state index contributed by atoms with van der Waals surface area (Å²) in [4.78, 5) is 25.8. The lowest BCUT2D eigenvalue weighted by Crippen LogP contribution is -2.15. The first-order valence-corrected chi connectivity index (χ1v) is 8.69. The SMILES string of the molecule is CCOC(=O)/C=C1\CSC2=C(C(=O)OCCC(C)C)CCN21. The summed E-state index contributed by atoms with van der Waals surface area (Å²) < 4.78 is 10.3. The predicted octanol–water partition coefficient (Wildman–Crippen LogP) is 2.69. The Hall–Kier alpha value is -1.43. The van der Waals surface area contributed by atoms with Gasteiger partial charge in [-0.3, -0.25) is 0 Å². The van der Waals surface area contributed by atoms with E-state index in [-0.39, 0.29) is 11.9 Å². The summed E-state index contributed by atoms with van der Waals surface area (Å²) in [6.45, 7) is 7.54. The normalized spacial score (nSPS) is 19.1. The van der Waals surface area contributed by atoms with Crippen molar-refractivity contribution in [2.45, 2.75) is 33.6 Å². The molecule has 0 aromatic heterocycles. The molecule has 2 heterocycles. The minimum atomic E-state index is -0.327. The molecular formula is C16H23NO4S. The van der Waals surface area contributed by atoms with Crippen LogP contribution < -0.4 is 0 Å². The molecule has 2 rings (SSSR count). The third-order valence-electron chi connectivity index (χ3n) is 3.54. The molecule has 0 aromatic carbocycles. The van der Waals surface area contributed by atoms with E-state index < -0.39 is 0 Å². The highest BCUT2D eigenvalue weighted by molar-refractivity contribution is 8.03. The Labute approximate surface area is 135 Å². The van der Waals surface area contributed by atoms with Crippen molar-refractivity contribution in [3.8, 4) is 0 Å². The number of hydrogen-bond donors (Lipinski definition) is 0. The van der Waals surface area contributed by atoms with Gasteiger partial charge in [0.05, 0.1) is 23.8 Å². The number of thioether (sulfide) groups is 1. The van der Waals surface area contributed by atoms with Gasteiger partial charge in [-0.1, -0.05) is 13.8 Å². The van der Waals surface area contributed by atoms with E-state index in [1.54, 1.807) is 18.7 Å². The molecule has 6 heteroatoms. The summed E-state index contributed by atoms with van der Waals surface area (Å²) >= 11 is 1.59. The zero-order valence-electron chi connectivity index (χ0n) is 13.4. The van der Waals surface area contributed by atoms with Gasteiger partial charge in [0.15, 0.2) is 0 Å². The molecule has 2 aliphatic rings. The van der Waals surface area contributed by atoms with E-state index in [0.29, 0.717) is 31.3 Å². The molecule has 22 heavy (non-hydrogen) atoms. The van der Waals surface area contributed by atoms with Gasteiger partial charge in [0.25, 0.3) is 0 Å². The number of carbonyl (C=O) groups excluding carboxylic acids is 2. The third-order valence-corrected chi connectivity index (χ3v) is 4.72. The Kier molecular flexibility index (Phi) is 5.94. The van der Waals surface area contributed by atoms with Crippen LogP contribution in [0.3, 0.4) is 0 Å². The average molecular weight is 325 g/mol. The summed E-state index contributed by atoms with van der Waals surface area (Å²) in [6, 6.07) is 0. The van der Waals surface area contributed by atoms with Crippen LogP contribution in [0.25, 0.3) is 0 Å². The maximum absolute atomic E-state index is 12.2. The fourth-order valence-electron chi connectivity index (χ4n) is 2.36. The minimum absolute atomic E-state index is 0.219. The van der Waals surface area contributed by atoms with Gasteiger partial charge in [-0.2, -0.15) is 0 Å². The van der Waals surface area contributed by atoms with Gasteiger partial charge in [-0.15, -0.1) is 11.8 Å². The van der Waals surface area contributed by atoms with E-state index in [2.05, 4.69) is 13.8 Å². The van der Waals surface area contributed by atoms with Crippen LogP contribution in [0.15, 0.2) is 22.4 Å². The molecule has 0 aliphatic carbocycles. The van der Waals surface area contributed by atoms with Crippen LogP contribution in [0.1, 0.15) is 33.6 Å². The van der Waals surface area contributed by atoms with Crippen molar-refractivity contribution in [2.24, 2.45) is 5.92 Å². The highest BCUT2D eigenvalue weighted by Gasteiger charge is 2.35. The van der Waals surface area contributed by atoms with Crippen molar-refractivity contribution in [3.05, 3.63) is 22.4 Å². The number of rotatable bonds is 6. The first kappa shape index (κ1) is 16.9. The van der Waals surface area contributed by atoms with E-state index in [1.165, 1.54) is 6.08 Å². The first-order chi connectivity index (χ1) is 10.5. The second-order valence-corrected chi connectivity index (χ2v) is 6.64. The highest BCUT2D eigenvalue weighted by Crippen LogP contribution is 2.42. The molecule has 0 radical (unpaired) electrons. The van der Waals surface area contributed by atoms with Crippen molar-refractivity contribution < 1.29 is 19.1 Å². The molecule has 2 aliphatic heterocycles. The quantitative estimate of drug-likeness (QED) is 0.553.